The SMILES string of the molecule is NC(=O)CONCc1ccc(C(=O)O)cc1. The Balaban J connectivity index is 2.38. The van der Waals surface area contributed by atoms with Crippen LogP contribution in [0.15, 0.2) is 24.3 Å². The molecule has 4 N–H and O–H groups in total. The van der Waals surface area contributed by atoms with Crippen molar-refractivity contribution in [3.8, 4) is 0 Å². The van der Waals surface area contributed by atoms with Gasteiger partial charge in [-0.3, -0.25) is 9.63 Å². The third kappa shape index (κ3) is 4.07. The first-order valence-corrected chi connectivity index (χ1v) is 4.55. The van der Waals surface area contributed by atoms with E-state index in [9.17, 15) is 9.59 Å². The summed E-state index contributed by atoms with van der Waals surface area (Å²) in [5.41, 5.74) is 8.46. The van der Waals surface area contributed by atoms with E-state index in [1.807, 2.05) is 0 Å². The Hall–Kier alpha value is -1.92. The molecule has 1 aromatic carbocycles. The maximum absolute atomic E-state index is 10.6. The Bertz CT molecular complexity index is 375. The number of carboxylic acid groups (broad SMARTS) is 1. The molecule has 0 saturated heterocycles. The number of carbonyl (C=O) groups is 2. The van der Waals surface area contributed by atoms with Crippen molar-refractivity contribution >= 4 is 11.9 Å². The molecule has 0 aromatic heterocycles. The Morgan fingerprint density at radius 1 is 1.31 bits per heavy atom. The van der Waals surface area contributed by atoms with Gasteiger partial charge in [-0.05, 0) is 17.7 Å². The monoisotopic (exact) mass is 224 g/mol. The number of carbonyl (C=O) groups excluding carboxylic acids is 1. The molecule has 16 heavy (non-hydrogen) atoms. The molecule has 0 unspecified atom stereocenters. The summed E-state index contributed by atoms with van der Waals surface area (Å²) in [5, 5.41) is 8.66. The fourth-order valence-electron chi connectivity index (χ4n) is 1.02. The zero-order valence-corrected chi connectivity index (χ0v) is 8.47. The third-order valence-corrected chi connectivity index (χ3v) is 1.79. The molecule has 1 aromatic rings. The van der Waals surface area contributed by atoms with Crippen LogP contribution in [0.3, 0.4) is 0 Å². The van der Waals surface area contributed by atoms with Crippen molar-refractivity contribution in [2.45, 2.75) is 6.54 Å². The summed E-state index contributed by atoms with van der Waals surface area (Å²) in [6, 6.07) is 6.30. The van der Waals surface area contributed by atoms with Crippen molar-refractivity contribution < 1.29 is 19.5 Å². The van der Waals surface area contributed by atoms with E-state index in [4.69, 9.17) is 15.7 Å². The number of hydrogen-bond donors (Lipinski definition) is 3. The summed E-state index contributed by atoms with van der Waals surface area (Å²) in [5.74, 6) is -1.53. The van der Waals surface area contributed by atoms with E-state index in [1.54, 1.807) is 12.1 Å². The normalized spacial score (nSPS) is 10.0. The second-order valence-corrected chi connectivity index (χ2v) is 3.08. The summed E-state index contributed by atoms with van der Waals surface area (Å²) < 4.78 is 0. The predicted octanol–water partition coefficient (Wildman–Crippen LogP) is -0.109. The van der Waals surface area contributed by atoms with Crippen LogP contribution in [-0.2, 0) is 16.2 Å². The molecule has 0 aliphatic heterocycles. The van der Waals surface area contributed by atoms with Gasteiger partial charge in [0.15, 0.2) is 0 Å². The maximum Gasteiger partial charge on any atom is 0.335 e. The zero-order valence-electron chi connectivity index (χ0n) is 8.47. The molecule has 0 heterocycles. The standard InChI is InChI=1S/C10H12N2O4/c11-9(13)6-16-12-5-7-1-3-8(4-2-7)10(14)15/h1-4,12H,5-6H2,(H2,11,13)(H,14,15). The van der Waals surface area contributed by atoms with E-state index >= 15 is 0 Å². The van der Waals surface area contributed by atoms with Crippen molar-refractivity contribution in [2.24, 2.45) is 5.73 Å². The molecular formula is C10H12N2O4. The van der Waals surface area contributed by atoms with Crippen LogP contribution >= 0.6 is 0 Å². The van der Waals surface area contributed by atoms with Gasteiger partial charge >= 0.3 is 5.97 Å². The lowest BCUT2D eigenvalue weighted by molar-refractivity contribution is -0.125. The highest BCUT2D eigenvalue weighted by Crippen LogP contribution is 2.03. The van der Waals surface area contributed by atoms with Crippen LogP contribution in [0.5, 0.6) is 0 Å². The van der Waals surface area contributed by atoms with Crippen molar-refractivity contribution in [3.05, 3.63) is 35.4 Å². The number of rotatable bonds is 6. The van der Waals surface area contributed by atoms with Crippen LogP contribution in [-0.4, -0.2) is 23.6 Å². The molecular weight excluding hydrogens is 212 g/mol. The molecule has 0 bridgehead atoms. The molecule has 0 saturated carbocycles. The number of nitrogens with one attached hydrogen (secondary N) is 1. The van der Waals surface area contributed by atoms with Crippen LogP contribution in [0, 0.1) is 0 Å². The number of primary amides is 1. The number of benzene rings is 1. The number of hydroxylamine groups is 1. The molecule has 1 amide bonds. The van der Waals surface area contributed by atoms with Gasteiger partial charge in [0.25, 0.3) is 0 Å². The fraction of sp³-hybridized carbons (Fsp3) is 0.200. The highest BCUT2D eigenvalue weighted by atomic mass is 16.6. The molecule has 0 aliphatic carbocycles. The molecule has 1 rings (SSSR count). The van der Waals surface area contributed by atoms with Crippen LogP contribution in [0.4, 0.5) is 0 Å². The minimum absolute atomic E-state index is 0.201. The highest BCUT2D eigenvalue weighted by molar-refractivity contribution is 5.87. The minimum Gasteiger partial charge on any atom is -0.478 e. The highest BCUT2D eigenvalue weighted by Gasteiger charge is 2.01. The second-order valence-electron chi connectivity index (χ2n) is 3.08. The van der Waals surface area contributed by atoms with E-state index in [2.05, 4.69) is 5.48 Å². The molecule has 0 spiro atoms. The first kappa shape index (κ1) is 12.2. The second kappa shape index (κ2) is 5.84. The summed E-state index contributed by atoms with van der Waals surface area (Å²) >= 11 is 0. The smallest absolute Gasteiger partial charge is 0.335 e. The summed E-state index contributed by atoms with van der Waals surface area (Å²) in [6.45, 7) is 0.167. The number of hydrogen-bond acceptors (Lipinski definition) is 4. The first-order valence-electron chi connectivity index (χ1n) is 4.55. The van der Waals surface area contributed by atoms with Crippen LogP contribution in [0.1, 0.15) is 15.9 Å². The average Bonchev–Trinajstić information content (AvgIpc) is 2.25. The lowest BCUT2D eigenvalue weighted by Crippen LogP contribution is -2.24. The average molecular weight is 224 g/mol. The third-order valence-electron chi connectivity index (χ3n) is 1.79. The van der Waals surface area contributed by atoms with Gasteiger partial charge in [0.2, 0.25) is 5.91 Å². The first-order chi connectivity index (χ1) is 7.59. The molecule has 0 aliphatic rings. The molecule has 6 nitrogen and oxygen atoms in total. The maximum atomic E-state index is 10.6. The van der Waals surface area contributed by atoms with E-state index in [1.165, 1.54) is 12.1 Å². The molecule has 0 fully saturated rings. The van der Waals surface area contributed by atoms with Crippen LogP contribution < -0.4 is 11.2 Å². The van der Waals surface area contributed by atoms with E-state index < -0.39 is 11.9 Å². The Morgan fingerprint density at radius 2 is 1.94 bits per heavy atom. The van der Waals surface area contributed by atoms with Gasteiger partial charge in [0, 0.05) is 6.54 Å². The van der Waals surface area contributed by atoms with Crippen molar-refractivity contribution in [1.82, 2.24) is 5.48 Å². The van der Waals surface area contributed by atoms with Crippen molar-refractivity contribution in [2.75, 3.05) is 6.61 Å². The Kier molecular flexibility index (Phi) is 4.43. The molecule has 6 heteroatoms. The largest absolute Gasteiger partial charge is 0.478 e. The molecule has 0 radical (unpaired) electrons. The van der Waals surface area contributed by atoms with Crippen molar-refractivity contribution in [1.29, 1.82) is 0 Å². The quantitative estimate of drug-likeness (QED) is 0.462. The Morgan fingerprint density at radius 3 is 2.44 bits per heavy atom. The Labute approximate surface area is 92.0 Å². The lowest BCUT2D eigenvalue weighted by atomic mass is 10.1. The summed E-state index contributed by atoms with van der Waals surface area (Å²) in [7, 11) is 0. The van der Waals surface area contributed by atoms with Gasteiger partial charge in [-0.1, -0.05) is 12.1 Å². The number of nitrogens with two attached hydrogens (primary N) is 1. The summed E-state index contributed by atoms with van der Waals surface area (Å²) in [4.78, 5) is 25.6. The van der Waals surface area contributed by atoms with Crippen LogP contribution in [0.25, 0.3) is 0 Å². The number of carboxylic acids is 1. The number of aromatic carboxylic acids is 1. The molecule has 0 atom stereocenters. The van der Waals surface area contributed by atoms with E-state index in [0.717, 1.165) is 5.56 Å². The number of amides is 1. The molecule has 86 valence electrons. The van der Waals surface area contributed by atoms with E-state index in [-0.39, 0.29) is 12.2 Å². The van der Waals surface area contributed by atoms with Crippen molar-refractivity contribution in [3.63, 3.8) is 0 Å². The minimum atomic E-state index is -0.968. The van der Waals surface area contributed by atoms with Gasteiger partial charge < -0.3 is 10.8 Å². The summed E-state index contributed by atoms with van der Waals surface area (Å²) in [6.07, 6.45) is 0. The van der Waals surface area contributed by atoms with Gasteiger partial charge in [0.1, 0.15) is 6.61 Å². The van der Waals surface area contributed by atoms with E-state index in [0.29, 0.717) is 6.54 Å². The lowest BCUT2D eigenvalue weighted by Gasteiger charge is -2.04. The van der Waals surface area contributed by atoms with Gasteiger partial charge in [-0.25, -0.2) is 4.79 Å². The topological polar surface area (TPSA) is 102 Å². The van der Waals surface area contributed by atoms with Gasteiger partial charge in [-0.2, -0.15) is 5.48 Å². The van der Waals surface area contributed by atoms with Gasteiger partial charge in [-0.15, -0.1) is 0 Å². The zero-order chi connectivity index (χ0) is 12.0. The predicted molar refractivity (Wildman–Crippen MR) is 55.4 cm³/mol. The fourth-order valence-corrected chi connectivity index (χ4v) is 1.02. The van der Waals surface area contributed by atoms with Crippen LogP contribution in [0.2, 0.25) is 0 Å². The van der Waals surface area contributed by atoms with Gasteiger partial charge in [0.05, 0.1) is 5.56 Å².